The van der Waals surface area contributed by atoms with E-state index in [-0.39, 0.29) is 23.8 Å². The standard InChI is InChI=1S/C26H40N4O3/c1-18(2)9-12-26(24(32)30(25(33)27-26)16-15-28(5)6)22-10-13-29(14-11-22)23(31)21-8-7-19(3)20(4)17-21/h7-8,17-18,22H,9-16H2,1-6H3,(H,27,33)/t26-/m1/s1. The van der Waals surface area contributed by atoms with E-state index in [1.807, 2.05) is 55.9 Å². The van der Waals surface area contributed by atoms with Gasteiger partial charge in [0.25, 0.3) is 11.8 Å². The second-order valence-corrected chi connectivity index (χ2v) is 10.5. The molecule has 2 aliphatic rings. The first-order valence-corrected chi connectivity index (χ1v) is 12.2. The Hall–Kier alpha value is -2.41. The fourth-order valence-corrected chi connectivity index (χ4v) is 4.95. The van der Waals surface area contributed by atoms with Gasteiger partial charge in [0.1, 0.15) is 5.54 Å². The lowest BCUT2D eigenvalue weighted by molar-refractivity contribution is -0.134. The zero-order valence-electron chi connectivity index (χ0n) is 21.1. The zero-order valence-corrected chi connectivity index (χ0v) is 21.1. The third-order valence-electron chi connectivity index (χ3n) is 7.32. The first-order chi connectivity index (χ1) is 15.5. The van der Waals surface area contributed by atoms with Crippen molar-refractivity contribution in [2.45, 2.75) is 58.9 Å². The maximum absolute atomic E-state index is 13.6. The molecule has 0 bridgehead atoms. The smallest absolute Gasteiger partial charge is 0.325 e. The van der Waals surface area contributed by atoms with E-state index in [1.165, 1.54) is 10.5 Å². The van der Waals surface area contributed by atoms with Crippen LogP contribution in [-0.4, -0.2) is 78.4 Å². The molecule has 7 heteroatoms. The first-order valence-electron chi connectivity index (χ1n) is 12.2. The molecule has 2 heterocycles. The second kappa shape index (κ2) is 10.2. The normalized spacial score (nSPS) is 21.9. The molecule has 2 fully saturated rings. The van der Waals surface area contributed by atoms with E-state index in [4.69, 9.17) is 0 Å². The van der Waals surface area contributed by atoms with Crippen LogP contribution in [0.2, 0.25) is 0 Å². The van der Waals surface area contributed by atoms with Gasteiger partial charge < -0.3 is 15.1 Å². The molecular formula is C26H40N4O3. The Balaban J connectivity index is 1.74. The number of hydrogen-bond donors (Lipinski definition) is 1. The van der Waals surface area contributed by atoms with E-state index in [0.717, 1.165) is 12.0 Å². The number of likely N-dealkylation sites (tertiary alicyclic amines) is 1. The summed E-state index contributed by atoms with van der Waals surface area (Å²) in [4.78, 5) is 44.8. The molecule has 0 spiro atoms. The van der Waals surface area contributed by atoms with Crippen molar-refractivity contribution in [3.05, 3.63) is 34.9 Å². The molecule has 1 atom stereocenters. The maximum Gasteiger partial charge on any atom is 0.325 e. The minimum atomic E-state index is -0.858. The molecule has 0 aliphatic carbocycles. The highest BCUT2D eigenvalue weighted by molar-refractivity contribution is 6.07. The quantitative estimate of drug-likeness (QED) is 0.608. The van der Waals surface area contributed by atoms with Gasteiger partial charge in [0.2, 0.25) is 0 Å². The van der Waals surface area contributed by atoms with Crippen LogP contribution >= 0.6 is 0 Å². The molecule has 0 radical (unpaired) electrons. The number of piperidine rings is 1. The Labute approximate surface area is 198 Å². The summed E-state index contributed by atoms with van der Waals surface area (Å²) in [6.45, 7) is 10.6. The lowest BCUT2D eigenvalue weighted by atomic mass is 9.73. The van der Waals surface area contributed by atoms with E-state index in [0.29, 0.717) is 56.9 Å². The summed E-state index contributed by atoms with van der Waals surface area (Å²) < 4.78 is 0. The molecule has 1 N–H and O–H groups in total. The lowest BCUT2D eigenvalue weighted by Crippen LogP contribution is -2.56. The number of likely N-dealkylation sites (N-methyl/N-ethyl adjacent to an activating group) is 1. The number of urea groups is 1. The number of benzene rings is 1. The number of aryl methyl sites for hydroxylation is 2. The van der Waals surface area contributed by atoms with Crippen LogP contribution in [0, 0.1) is 25.7 Å². The summed E-state index contributed by atoms with van der Waals surface area (Å²) in [6, 6.07) is 5.56. The van der Waals surface area contributed by atoms with Gasteiger partial charge in [-0.15, -0.1) is 0 Å². The van der Waals surface area contributed by atoms with E-state index < -0.39 is 5.54 Å². The number of nitrogens with zero attached hydrogens (tertiary/aromatic N) is 3. The molecule has 3 rings (SSSR count). The van der Waals surface area contributed by atoms with Crippen LogP contribution in [0.5, 0.6) is 0 Å². The number of rotatable bonds is 8. The molecule has 2 saturated heterocycles. The van der Waals surface area contributed by atoms with E-state index in [1.54, 1.807) is 0 Å². The van der Waals surface area contributed by atoms with Gasteiger partial charge in [0, 0.05) is 31.7 Å². The lowest BCUT2D eigenvalue weighted by Gasteiger charge is -2.41. The molecule has 0 aromatic heterocycles. The molecule has 182 valence electrons. The minimum absolute atomic E-state index is 0.0286. The number of imide groups is 1. The molecular weight excluding hydrogens is 416 g/mol. The Bertz CT molecular complexity index is 890. The first kappa shape index (κ1) is 25.2. The van der Waals surface area contributed by atoms with Crippen molar-refractivity contribution >= 4 is 17.8 Å². The average molecular weight is 457 g/mol. The molecule has 1 aromatic rings. The van der Waals surface area contributed by atoms with Crippen LogP contribution in [0.4, 0.5) is 4.79 Å². The molecule has 7 nitrogen and oxygen atoms in total. The molecule has 0 unspecified atom stereocenters. The summed E-state index contributed by atoms with van der Waals surface area (Å²) in [5.41, 5.74) is 2.14. The number of hydrogen-bond acceptors (Lipinski definition) is 4. The monoisotopic (exact) mass is 456 g/mol. The highest BCUT2D eigenvalue weighted by Crippen LogP contribution is 2.38. The fourth-order valence-electron chi connectivity index (χ4n) is 4.95. The van der Waals surface area contributed by atoms with Gasteiger partial charge >= 0.3 is 6.03 Å². The topological polar surface area (TPSA) is 73.0 Å². The van der Waals surface area contributed by atoms with Crippen LogP contribution in [0.15, 0.2) is 18.2 Å². The van der Waals surface area contributed by atoms with E-state index >= 15 is 0 Å². The minimum Gasteiger partial charge on any atom is -0.339 e. The van der Waals surface area contributed by atoms with Crippen molar-refractivity contribution < 1.29 is 14.4 Å². The molecule has 2 aliphatic heterocycles. The van der Waals surface area contributed by atoms with Crippen molar-refractivity contribution in [1.29, 1.82) is 0 Å². The maximum atomic E-state index is 13.6. The Morgan fingerprint density at radius 3 is 2.39 bits per heavy atom. The third kappa shape index (κ3) is 5.40. The number of carbonyl (C=O) groups is 3. The second-order valence-electron chi connectivity index (χ2n) is 10.5. The predicted molar refractivity (Wildman–Crippen MR) is 130 cm³/mol. The van der Waals surface area contributed by atoms with Gasteiger partial charge in [-0.3, -0.25) is 14.5 Å². The van der Waals surface area contributed by atoms with Crippen LogP contribution in [0.1, 0.15) is 61.0 Å². The third-order valence-corrected chi connectivity index (χ3v) is 7.32. The fraction of sp³-hybridized carbons (Fsp3) is 0.654. The Kier molecular flexibility index (Phi) is 7.83. The molecule has 33 heavy (non-hydrogen) atoms. The summed E-state index contributed by atoms with van der Waals surface area (Å²) >= 11 is 0. The summed E-state index contributed by atoms with van der Waals surface area (Å²) in [6.07, 6.45) is 2.93. The highest BCUT2D eigenvalue weighted by Gasteiger charge is 2.55. The van der Waals surface area contributed by atoms with Gasteiger partial charge in [-0.05, 0) is 88.7 Å². The molecule has 4 amide bonds. The van der Waals surface area contributed by atoms with Crippen molar-refractivity contribution in [2.75, 3.05) is 40.3 Å². The molecule has 1 aromatic carbocycles. The zero-order chi connectivity index (χ0) is 24.3. The Morgan fingerprint density at radius 1 is 1.15 bits per heavy atom. The average Bonchev–Trinajstić information content (AvgIpc) is 3.02. The number of amides is 4. The summed E-state index contributed by atoms with van der Waals surface area (Å²) in [5.74, 6) is 0.422. The van der Waals surface area contributed by atoms with E-state index in [9.17, 15) is 14.4 Å². The van der Waals surface area contributed by atoms with Gasteiger partial charge in [-0.2, -0.15) is 0 Å². The van der Waals surface area contributed by atoms with Gasteiger partial charge in [-0.25, -0.2) is 4.79 Å². The Morgan fingerprint density at radius 2 is 1.82 bits per heavy atom. The summed E-state index contributed by atoms with van der Waals surface area (Å²) in [7, 11) is 3.87. The van der Waals surface area contributed by atoms with Crippen molar-refractivity contribution in [2.24, 2.45) is 11.8 Å². The van der Waals surface area contributed by atoms with E-state index in [2.05, 4.69) is 19.2 Å². The highest BCUT2D eigenvalue weighted by atomic mass is 16.2. The van der Waals surface area contributed by atoms with Gasteiger partial charge in [-0.1, -0.05) is 19.9 Å². The number of carbonyl (C=O) groups excluding carboxylic acids is 3. The van der Waals surface area contributed by atoms with Crippen LogP contribution in [-0.2, 0) is 4.79 Å². The van der Waals surface area contributed by atoms with Crippen molar-refractivity contribution in [1.82, 2.24) is 20.0 Å². The van der Waals surface area contributed by atoms with Crippen LogP contribution in [0.3, 0.4) is 0 Å². The van der Waals surface area contributed by atoms with Crippen LogP contribution < -0.4 is 5.32 Å². The largest absolute Gasteiger partial charge is 0.339 e. The number of nitrogens with one attached hydrogen (secondary N) is 1. The van der Waals surface area contributed by atoms with Crippen molar-refractivity contribution in [3.8, 4) is 0 Å². The van der Waals surface area contributed by atoms with Gasteiger partial charge in [0.05, 0.1) is 0 Å². The van der Waals surface area contributed by atoms with Gasteiger partial charge in [0.15, 0.2) is 0 Å². The SMILES string of the molecule is Cc1ccc(C(=O)N2CCC([C@@]3(CCC(C)C)NC(=O)N(CCN(C)C)C3=O)CC2)cc1C. The van der Waals surface area contributed by atoms with Crippen LogP contribution in [0.25, 0.3) is 0 Å². The molecule has 0 saturated carbocycles. The summed E-state index contributed by atoms with van der Waals surface area (Å²) in [5, 5.41) is 3.12. The van der Waals surface area contributed by atoms with Crippen molar-refractivity contribution in [3.63, 3.8) is 0 Å². The predicted octanol–water partition coefficient (Wildman–Crippen LogP) is 3.44.